The minimum Gasteiger partial charge on any atom is -0.315 e. The third-order valence-electron chi connectivity index (χ3n) is 2.08. The first kappa shape index (κ1) is 7.98. The molecule has 0 radical (unpaired) electrons. The lowest BCUT2D eigenvalue weighted by Gasteiger charge is -2.01. The van der Waals surface area contributed by atoms with Crippen molar-refractivity contribution < 1.29 is 0 Å². The van der Waals surface area contributed by atoms with Gasteiger partial charge in [-0.05, 0) is 25.1 Å². The first-order chi connectivity index (χ1) is 6.33. The van der Waals surface area contributed by atoms with E-state index in [0.29, 0.717) is 11.9 Å². The molecule has 0 N–H and O–H groups in total. The molecule has 2 rings (SSSR count). The Morgan fingerprint density at radius 3 is 3.08 bits per heavy atom. The molecule has 2 aromatic rings. The maximum atomic E-state index is 11.7. The summed E-state index contributed by atoms with van der Waals surface area (Å²) < 4.78 is 1.67. The molecule has 13 heavy (non-hydrogen) atoms. The number of aryl methyl sites for hydroxylation is 1. The molecule has 0 saturated carbocycles. The van der Waals surface area contributed by atoms with E-state index in [2.05, 4.69) is 4.98 Å². The average Bonchev–Trinajstić information content (AvgIpc) is 2.19. The van der Waals surface area contributed by atoms with Gasteiger partial charge in [-0.3, -0.25) is 9.78 Å². The number of nitrogens with zero attached hydrogens (tertiary/aromatic N) is 2. The van der Waals surface area contributed by atoms with E-state index < -0.39 is 0 Å². The zero-order valence-corrected chi connectivity index (χ0v) is 7.40. The molecule has 0 unspecified atom stereocenters. The number of rotatable bonds is 1. The van der Waals surface area contributed by atoms with Crippen molar-refractivity contribution in [3.05, 3.63) is 40.9 Å². The zero-order valence-electron chi connectivity index (χ0n) is 7.40. The molecule has 0 aliphatic rings. The van der Waals surface area contributed by atoms with Gasteiger partial charge in [-0.1, -0.05) is 0 Å². The van der Waals surface area contributed by atoms with Crippen LogP contribution in [-0.4, -0.2) is 9.55 Å². The molecule has 0 fully saturated rings. The summed E-state index contributed by atoms with van der Waals surface area (Å²) in [4.78, 5) is 15.8. The molecule has 0 aliphatic carbocycles. The maximum Gasteiger partial charge on any atom is 0.259 e. The van der Waals surface area contributed by atoms with E-state index >= 15 is 0 Å². The quantitative estimate of drug-likeness (QED) is 0.655. The minimum absolute atomic E-state index is 0.0353. The second-order valence-electron chi connectivity index (χ2n) is 2.84. The third kappa shape index (κ3) is 1.22. The van der Waals surface area contributed by atoms with Crippen molar-refractivity contribution in [2.45, 2.75) is 13.5 Å². The smallest absolute Gasteiger partial charge is 0.259 e. The first-order valence-corrected chi connectivity index (χ1v) is 4.27. The van der Waals surface area contributed by atoms with Gasteiger partial charge in [0.25, 0.3) is 5.56 Å². The van der Waals surface area contributed by atoms with Crippen molar-refractivity contribution >= 4 is 10.9 Å². The Kier molecular flexibility index (Phi) is 1.85. The second kappa shape index (κ2) is 3.01. The topological polar surface area (TPSA) is 34.9 Å². The molecular formula is C10H10N2O. The molecule has 0 atom stereocenters. The van der Waals surface area contributed by atoms with Crippen LogP contribution in [0.15, 0.2) is 35.4 Å². The number of hydrogen-bond acceptors (Lipinski definition) is 2. The van der Waals surface area contributed by atoms with Gasteiger partial charge in [0.2, 0.25) is 0 Å². The molecule has 0 bridgehead atoms. The van der Waals surface area contributed by atoms with Crippen molar-refractivity contribution in [3.8, 4) is 0 Å². The lowest BCUT2D eigenvalue weighted by atomic mass is 10.2. The van der Waals surface area contributed by atoms with Crippen LogP contribution in [0.2, 0.25) is 0 Å². The minimum atomic E-state index is 0.0353. The molecular weight excluding hydrogens is 164 g/mol. The highest BCUT2D eigenvalue weighted by Gasteiger charge is 1.99. The fraction of sp³-hybridized carbons (Fsp3) is 0.200. The number of aromatic nitrogens is 2. The summed E-state index contributed by atoms with van der Waals surface area (Å²) in [6.45, 7) is 2.65. The molecule has 0 amide bonds. The number of fused-ring (bicyclic) bond motifs is 1. The molecule has 2 aromatic heterocycles. The monoisotopic (exact) mass is 174 g/mol. The molecule has 3 heteroatoms. The zero-order chi connectivity index (χ0) is 9.26. The van der Waals surface area contributed by atoms with Crippen molar-refractivity contribution in [1.29, 1.82) is 0 Å². The van der Waals surface area contributed by atoms with E-state index in [1.54, 1.807) is 29.1 Å². The summed E-state index contributed by atoms with van der Waals surface area (Å²) in [6, 6.07) is 5.45. The van der Waals surface area contributed by atoms with Crippen LogP contribution in [0.4, 0.5) is 0 Å². The fourth-order valence-corrected chi connectivity index (χ4v) is 1.36. The van der Waals surface area contributed by atoms with Crippen LogP contribution in [0.3, 0.4) is 0 Å². The van der Waals surface area contributed by atoms with E-state index in [1.165, 1.54) is 0 Å². The summed E-state index contributed by atoms with van der Waals surface area (Å²) in [5.74, 6) is 0. The molecule has 3 nitrogen and oxygen atoms in total. The van der Waals surface area contributed by atoms with Gasteiger partial charge in [-0.2, -0.15) is 0 Å². The Bertz CT molecular complexity index is 487. The summed E-state index contributed by atoms with van der Waals surface area (Å²) in [5.41, 5.74) is 0.797. The lowest BCUT2D eigenvalue weighted by molar-refractivity contribution is 0.734. The standard InChI is InChI=1S/C10H10N2O/c1-2-12-7-5-9-8(10(12)13)4-3-6-11-9/h3-7H,2H2,1H3. The van der Waals surface area contributed by atoms with Gasteiger partial charge in [0.15, 0.2) is 0 Å². The molecule has 2 heterocycles. The predicted molar refractivity (Wildman–Crippen MR) is 51.7 cm³/mol. The van der Waals surface area contributed by atoms with Crippen LogP contribution in [0.5, 0.6) is 0 Å². The maximum absolute atomic E-state index is 11.7. The summed E-state index contributed by atoms with van der Waals surface area (Å²) in [5, 5.41) is 0.687. The number of hydrogen-bond donors (Lipinski definition) is 0. The molecule has 0 saturated heterocycles. The van der Waals surface area contributed by atoms with Crippen molar-refractivity contribution in [1.82, 2.24) is 9.55 Å². The Hall–Kier alpha value is -1.64. The fourth-order valence-electron chi connectivity index (χ4n) is 1.36. The number of pyridine rings is 2. The normalized spacial score (nSPS) is 10.5. The van der Waals surface area contributed by atoms with Crippen LogP contribution in [0, 0.1) is 0 Å². The first-order valence-electron chi connectivity index (χ1n) is 4.27. The average molecular weight is 174 g/mol. The Labute approximate surface area is 75.7 Å². The molecule has 0 aromatic carbocycles. The van der Waals surface area contributed by atoms with E-state index in [4.69, 9.17) is 0 Å². The summed E-state index contributed by atoms with van der Waals surface area (Å²) in [6.07, 6.45) is 3.47. The van der Waals surface area contributed by atoms with Gasteiger partial charge < -0.3 is 4.57 Å². The molecule has 0 aliphatic heterocycles. The lowest BCUT2D eigenvalue weighted by Crippen LogP contribution is -2.18. The molecule has 66 valence electrons. The van der Waals surface area contributed by atoms with Gasteiger partial charge in [-0.15, -0.1) is 0 Å². The van der Waals surface area contributed by atoms with E-state index in [0.717, 1.165) is 5.52 Å². The largest absolute Gasteiger partial charge is 0.315 e. The van der Waals surface area contributed by atoms with Crippen LogP contribution >= 0.6 is 0 Å². The Balaban J connectivity index is 2.87. The van der Waals surface area contributed by atoms with Crippen molar-refractivity contribution in [2.75, 3.05) is 0 Å². The summed E-state index contributed by atoms with van der Waals surface area (Å²) >= 11 is 0. The van der Waals surface area contributed by atoms with Crippen LogP contribution in [0.25, 0.3) is 10.9 Å². The third-order valence-corrected chi connectivity index (χ3v) is 2.08. The van der Waals surface area contributed by atoms with E-state index in [9.17, 15) is 4.79 Å². The van der Waals surface area contributed by atoms with E-state index in [1.807, 2.05) is 13.0 Å². The molecule has 0 spiro atoms. The van der Waals surface area contributed by atoms with Crippen molar-refractivity contribution in [3.63, 3.8) is 0 Å². The second-order valence-corrected chi connectivity index (χ2v) is 2.84. The summed E-state index contributed by atoms with van der Waals surface area (Å²) in [7, 11) is 0. The van der Waals surface area contributed by atoms with Crippen LogP contribution in [0.1, 0.15) is 6.92 Å². The van der Waals surface area contributed by atoms with Gasteiger partial charge >= 0.3 is 0 Å². The SMILES string of the molecule is CCn1ccc2ncccc2c1=O. The Morgan fingerprint density at radius 2 is 2.31 bits per heavy atom. The Morgan fingerprint density at radius 1 is 1.46 bits per heavy atom. The van der Waals surface area contributed by atoms with Gasteiger partial charge in [-0.25, -0.2) is 0 Å². The van der Waals surface area contributed by atoms with Gasteiger partial charge in [0.1, 0.15) is 0 Å². The highest BCUT2D eigenvalue weighted by atomic mass is 16.1. The van der Waals surface area contributed by atoms with E-state index in [-0.39, 0.29) is 5.56 Å². The van der Waals surface area contributed by atoms with Gasteiger partial charge in [0, 0.05) is 18.9 Å². The highest BCUT2D eigenvalue weighted by Crippen LogP contribution is 2.03. The van der Waals surface area contributed by atoms with Gasteiger partial charge in [0.05, 0.1) is 10.9 Å². The van der Waals surface area contributed by atoms with Crippen LogP contribution < -0.4 is 5.56 Å². The highest BCUT2D eigenvalue weighted by molar-refractivity contribution is 5.76. The predicted octanol–water partition coefficient (Wildman–Crippen LogP) is 1.42. The van der Waals surface area contributed by atoms with Crippen LogP contribution in [-0.2, 0) is 6.54 Å². The van der Waals surface area contributed by atoms with Crippen molar-refractivity contribution in [2.24, 2.45) is 0 Å².